The monoisotopic (exact) mass is 304 g/mol. The molecule has 0 amide bonds. The van der Waals surface area contributed by atoms with Gasteiger partial charge in [0.2, 0.25) is 0 Å². The molecule has 0 N–H and O–H groups in total. The molecule has 1 nitrogen and oxygen atoms in total. The lowest BCUT2D eigenvalue weighted by atomic mass is 9.62. The first kappa shape index (κ1) is 15.7. The molecule has 0 atom stereocenters. The largest absolute Gasteiger partial charge is 0.295 e. The van der Waals surface area contributed by atoms with Gasteiger partial charge in [0.25, 0.3) is 0 Å². The fraction of sp³-hybridized carbons (Fsp3) is 0.318. The first-order valence-electron chi connectivity index (χ1n) is 8.27. The second-order valence-electron chi connectivity index (χ2n) is 7.55. The van der Waals surface area contributed by atoms with Gasteiger partial charge in [0, 0.05) is 11.8 Å². The van der Waals surface area contributed by atoms with E-state index >= 15 is 0 Å². The summed E-state index contributed by atoms with van der Waals surface area (Å²) >= 11 is 0. The molecule has 0 spiro atoms. The predicted octanol–water partition coefficient (Wildman–Crippen LogP) is 5.31. The minimum Gasteiger partial charge on any atom is -0.295 e. The highest BCUT2D eigenvalue weighted by Crippen LogP contribution is 2.47. The molecule has 3 rings (SSSR count). The maximum atomic E-state index is 12.6. The van der Waals surface area contributed by atoms with Crippen LogP contribution in [0.2, 0.25) is 0 Å². The van der Waals surface area contributed by atoms with E-state index in [2.05, 4.69) is 69.3 Å². The average molecular weight is 304 g/mol. The molecule has 0 aliphatic heterocycles. The van der Waals surface area contributed by atoms with Crippen molar-refractivity contribution >= 4 is 5.78 Å². The number of rotatable bonds is 2. The van der Waals surface area contributed by atoms with Crippen molar-refractivity contribution in [3.8, 4) is 0 Å². The molecule has 0 aromatic heterocycles. The van der Waals surface area contributed by atoms with Gasteiger partial charge in [0.15, 0.2) is 5.78 Å². The Morgan fingerprint density at radius 2 is 1.26 bits per heavy atom. The first-order chi connectivity index (χ1) is 10.9. The molecule has 1 aliphatic rings. The van der Waals surface area contributed by atoms with Crippen molar-refractivity contribution in [2.75, 3.05) is 0 Å². The summed E-state index contributed by atoms with van der Waals surface area (Å²) in [5, 5.41) is 0. The topological polar surface area (TPSA) is 17.1 Å². The predicted molar refractivity (Wildman–Crippen MR) is 95.4 cm³/mol. The van der Waals surface area contributed by atoms with Gasteiger partial charge >= 0.3 is 0 Å². The van der Waals surface area contributed by atoms with Gasteiger partial charge in [-0.3, -0.25) is 4.79 Å². The zero-order valence-electron chi connectivity index (χ0n) is 14.2. The second-order valence-corrected chi connectivity index (χ2v) is 7.55. The number of hydrogen-bond acceptors (Lipinski definition) is 1. The molecule has 2 aromatic rings. The van der Waals surface area contributed by atoms with Crippen LogP contribution in [-0.2, 0) is 10.2 Å². The van der Waals surface area contributed by atoms with Crippen LogP contribution >= 0.6 is 0 Å². The molecule has 0 saturated heterocycles. The van der Waals surface area contributed by atoms with Gasteiger partial charge in [-0.2, -0.15) is 0 Å². The maximum absolute atomic E-state index is 12.6. The van der Waals surface area contributed by atoms with Crippen LogP contribution in [0.4, 0.5) is 0 Å². The Kier molecular flexibility index (Phi) is 3.97. The third-order valence-electron chi connectivity index (χ3n) is 4.92. The lowest BCUT2D eigenvalue weighted by molar-refractivity contribution is -0.116. The fourth-order valence-corrected chi connectivity index (χ4v) is 3.55. The van der Waals surface area contributed by atoms with Crippen LogP contribution in [0.1, 0.15) is 44.7 Å². The zero-order valence-corrected chi connectivity index (χ0v) is 14.2. The lowest BCUT2D eigenvalue weighted by Gasteiger charge is -2.41. The van der Waals surface area contributed by atoms with E-state index in [9.17, 15) is 4.79 Å². The van der Waals surface area contributed by atoms with Crippen LogP contribution in [0.3, 0.4) is 0 Å². The summed E-state index contributed by atoms with van der Waals surface area (Å²) in [4.78, 5) is 12.6. The van der Waals surface area contributed by atoms with E-state index in [1.54, 1.807) is 0 Å². The van der Waals surface area contributed by atoms with Crippen LogP contribution in [0.25, 0.3) is 0 Å². The highest BCUT2D eigenvalue weighted by Gasteiger charge is 2.41. The summed E-state index contributed by atoms with van der Waals surface area (Å²) in [7, 11) is 0. The highest BCUT2D eigenvalue weighted by molar-refractivity contribution is 5.93. The van der Waals surface area contributed by atoms with Crippen molar-refractivity contribution < 1.29 is 4.79 Å². The van der Waals surface area contributed by atoms with E-state index < -0.39 is 0 Å². The third kappa shape index (κ3) is 3.01. The molecule has 2 aromatic carbocycles. The van der Waals surface area contributed by atoms with E-state index in [0.717, 1.165) is 6.42 Å². The van der Waals surface area contributed by atoms with Gasteiger partial charge in [-0.25, -0.2) is 0 Å². The molecule has 0 unspecified atom stereocenters. The van der Waals surface area contributed by atoms with E-state index in [1.807, 2.05) is 18.2 Å². The molecule has 0 radical (unpaired) electrons. The normalized spacial score (nSPS) is 17.7. The summed E-state index contributed by atoms with van der Waals surface area (Å²) in [5.74, 6) is 0.230. The van der Waals surface area contributed by atoms with Gasteiger partial charge in [-0.1, -0.05) is 87.0 Å². The molecule has 0 saturated carbocycles. The zero-order chi connectivity index (χ0) is 16.5. The first-order valence-corrected chi connectivity index (χ1v) is 8.27. The average Bonchev–Trinajstić information content (AvgIpc) is 2.55. The third-order valence-corrected chi connectivity index (χ3v) is 4.92. The molecular formula is C22H24O. The van der Waals surface area contributed by atoms with Gasteiger partial charge in [0.05, 0.1) is 0 Å². The SMILES string of the molecule is CC(C)(C)C1=CC(=O)CC(c2ccccc2)(c2ccccc2)C1. The molecular weight excluding hydrogens is 280 g/mol. The minimum absolute atomic E-state index is 0.00485. The number of benzene rings is 2. The van der Waals surface area contributed by atoms with Crippen molar-refractivity contribution in [1.82, 2.24) is 0 Å². The van der Waals surface area contributed by atoms with Crippen molar-refractivity contribution in [1.29, 1.82) is 0 Å². The molecule has 0 heterocycles. The molecule has 23 heavy (non-hydrogen) atoms. The fourth-order valence-electron chi connectivity index (χ4n) is 3.55. The van der Waals surface area contributed by atoms with Crippen molar-refractivity contribution in [2.45, 2.75) is 39.0 Å². The lowest BCUT2D eigenvalue weighted by Crippen LogP contribution is -2.36. The Morgan fingerprint density at radius 3 is 1.70 bits per heavy atom. The summed E-state index contributed by atoms with van der Waals surface area (Å²) in [6, 6.07) is 21.0. The maximum Gasteiger partial charge on any atom is 0.156 e. The van der Waals surface area contributed by atoms with Crippen molar-refractivity contribution in [3.05, 3.63) is 83.4 Å². The van der Waals surface area contributed by atoms with E-state index in [0.29, 0.717) is 6.42 Å². The van der Waals surface area contributed by atoms with Crippen LogP contribution < -0.4 is 0 Å². The van der Waals surface area contributed by atoms with Crippen LogP contribution in [0, 0.1) is 5.41 Å². The molecule has 118 valence electrons. The highest BCUT2D eigenvalue weighted by atomic mass is 16.1. The number of carbonyl (C=O) groups excluding carboxylic acids is 1. The second kappa shape index (κ2) is 5.81. The number of allylic oxidation sites excluding steroid dienone is 2. The Bertz CT molecular complexity index is 678. The number of ketones is 1. The van der Waals surface area contributed by atoms with Crippen LogP contribution in [0.5, 0.6) is 0 Å². The van der Waals surface area contributed by atoms with Gasteiger partial charge in [0.1, 0.15) is 0 Å². The Hall–Kier alpha value is -2.15. The van der Waals surface area contributed by atoms with E-state index in [1.165, 1.54) is 16.7 Å². The molecule has 1 aliphatic carbocycles. The van der Waals surface area contributed by atoms with Crippen molar-refractivity contribution in [3.63, 3.8) is 0 Å². The summed E-state index contributed by atoms with van der Waals surface area (Å²) in [6.45, 7) is 6.58. The van der Waals surface area contributed by atoms with Crippen LogP contribution in [-0.4, -0.2) is 5.78 Å². The quantitative estimate of drug-likeness (QED) is 0.735. The van der Waals surface area contributed by atoms with Crippen LogP contribution in [0.15, 0.2) is 72.3 Å². The van der Waals surface area contributed by atoms with E-state index in [4.69, 9.17) is 0 Å². The minimum atomic E-state index is -0.253. The van der Waals surface area contributed by atoms with Gasteiger partial charge < -0.3 is 0 Å². The number of hydrogen-bond donors (Lipinski definition) is 0. The summed E-state index contributed by atoms with van der Waals surface area (Å²) < 4.78 is 0. The molecule has 0 fully saturated rings. The standard InChI is InChI=1S/C22H24O/c1-21(2,3)19-14-20(23)16-22(15-19,17-10-6-4-7-11-17)18-12-8-5-9-13-18/h4-14H,15-16H2,1-3H3. The summed E-state index contributed by atoms with van der Waals surface area (Å²) in [5.41, 5.74) is 3.45. The Morgan fingerprint density at radius 1 is 0.783 bits per heavy atom. The Balaban J connectivity index is 2.19. The van der Waals surface area contributed by atoms with Gasteiger partial charge in [-0.15, -0.1) is 0 Å². The summed E-state index contributed by atoms with van der Waals surface area (Å²) in [6.07, 6.45) is 3.32. The number of carbonyl (C=O) groups is 1. The molecule has 1 heteroatoms. The smallest absolute Gasteiger partial charge is 0.156 e. The van der Waals surface area contributed by atoms with Gasteiger partial charge in [-0.05, 0) is 29.0 Å². The Labute approximate surface area is 139 Å². The van der Waals surface area contributed by atoms with E-state index in [-0.39, 0.29) is 16.6 Å². The van der Waals surface area contributed by atoms with Crippen molar-refractivity contribution in [2.24, 2.45) is 5.41 Å². The molecule has 0 bridgehead atoms.